The van der Waals surface area contributed by atoms with Crippen LogP contribution in [-0.4, -0.2) is 39.0 Å². The first-order chi connectivity index (χ1) is 15.6. The van der Waals surface area contributed by atoms with Crippen LogP contribution in [0.5, 0.6) is 0 Å². The molecule has 0 radical (unpaired) electrons. The quantitative estimate of drug-likeness (QED) is 0.549. The van der Waals surface area contributed by atoms with Gasteiger partial charge < -0.3 is 9.64 Å². The van der Waals surface area contributed by atoms with Crippen molar-refractivity contribution < 1.29 is 9.53 Å². The van der Waals surface area contributed by atoms with Crippen molar-refractivity contribution in [2.75, 3.05) is 7.11 Å². The summed E-state index contributed by atoms with van der Waals surface area (Å²) in [5.41, 5.74) is 3.89. The third-order valence-corrected chi connectivity index (χ3v) is 6.16. The zero-order chi connectivity index (χ0) is 22.3. The summed E-state index contributed by atoms with van der Waals surface area (Å²) in [5.74, 6) is 0.847. The minimum atomic E-state index is -0.0234. The lowest BCUT2D eigenvalue weighted by molar-refractivity contribution is -0.139. The highest BCUT2D eigenvalue weighted by Gasteiger charge is 2.31. The number of hydrogen-bond acceptors (Lipinski definition) is 5. The van der Waals surface area contributed by atoms with E-state index in [0.717, 1.165) is 48.1 Å². The van der Waals surface area contributed by atoms with Crippen molar-refractivity contribution in [1.29, 1.82) is 0 Å². The number of hydrogen-bond donors (Lipinski definition) is 0. The summed E-state index contributed by atoms with van der Waals surface area (Å²) >= 11 is 0. The molecule has 32 heavy (non-hydrogen) atoms. The molecule has 2 aromatic heterocycles. The van der Waals surface area contributed by atoms with Gasteiger partial charge in [-0.2, -0.15) is 0 Å². The maximum absolute atomic E-state index is 13.7. The Morgan fingerprint density at radius 1 is 1.09 bits per heavy atom. The molecule has 2 atom stereocenters. The number of carbonyl (C=O) groups is 1. The number of methoxy groups -OCH3 is 1. The van der Waals surface area contributed by atoms with Crippen LogP contribution in [0.1, 0.15) is 42.8 Å². The molecule has 0 saturated heterocycles. The van der Waals surface area contributed by atoms with E-state index in [1.165, 1.54) is 0 Å². The van der Waals surface area contributed by atoms with Crippen LogP contribution >= 0.6 is 0 Å². The van der Waals surface area contributed by atoms with Gasteiger partial charge in [-0.25, -0.2) is 9.97 Å². The van der Waals surface area contributed by atoms with Crippen molar-refractivity contribution in [3.05, 3.63) is 78.1 Å². The van der Waals surface area contributed by atoms with E-state index < -0.39 is 0 Å². The van der Waals surface area contributed by atoms with Gasteiger partial charge in [0.25, 0.3) is 0 Å². The monoisotopic (exact) mass is 430 g/mol. The summed E-state index contributed by atoms with van der Waals surface area (Å²) in [7, 11) is 1.74. The maximum Gasteiger partial charge on any atom is 0.226 e. The van der Waals surface area contributed by atoms with E-state index in [1.807, 2.05) is 48.4 Å². The molecular weight excluding hydrogens is 400 g/mol. The van der Waals surface area contributed by atoms with Crippen LogP contribution in [-0.2, 0) is 22.6 Å². The molecule has 1 saturated carbocycles. The van der Waals surface area contributed by atoms with Gasteiger partial charge in [-0.3, -0.25) is 9.78 Å². The van der Waals surface area contributed by atoms with Crippen molar-refractivity contribution in [3.63, 3.8) is 0 Å². The van der Waals surface area contributed by atoms with Crippen molar-refractivity contribution in [3.8, 4) is 11.1 Å². The molecule has 166 valence electrons. The first kappa shape index (κ1) is 22.1. The van der Waals surface area contributed by atoms with Gasteiger partial charge in [-0.15, -0.1) is 0 Å². The third kappa shape index (κ3) is 5.37. The summed E-state index contributed by atoms with van der Waals surface area (Å²) in [4.78, 5) is 28.9. The van der Waals surface area contributed by atoms with Gasteiger partial charge >= 0.3 is 0 Å². The fourth-order valence-electron chi connectivity index (χ4n) is 4.45. The second-order valence-corrected chi connectivity index (χ2v) is 8.41. The van der Waals surface area contributed by atoms with E-state index in [2.05, 4.69) is 22.1 Å². The van der Waals surface area contributed by atoms with Crippen LogP contribution in [0.4, 0.5) is 0 Å². The van der Waals surface area contributed by atoms with E-state index in [1.54, 1.807) is 19.5 Å². The smallest absolute Gasteiger partial charge is 0.226 e. The molecule has 1 aliphatic carbocycles. The molecule has 1 aliphatic rings. The molecule has 0 spiro atoms. The lowest BCUT2D eigenvalue weighted by atomic mass is 9.86. The Morgan fingerprint density at radius 3 is 2.62 bits per heavy atom. The number of amides is 1. The van der Waals surface area contributed by atoms with Crippen LogP contribution in [0.25, 0.3) is 11.1 Å². The normalized spacial score (nSPS) is 18.3. The predicted molar refractivity (Wildman–Crippen MR) is 123 cm³/mol. The van der Waals surface area contributed by atoms with Crippen LogP contribution in [0, 0.1) is 12.8 Å². The largest absolute Gasteiger partial charge is 0.381 e. The maximum atomic E-state index is 13.7. The van der Waals surface area contributed by atoms with Gasteiger partial charge in [0.1, 0.15) is 5.82 Å². The Balaban J connectivity index is 1.65. The highest BCUT2D eigenvalue weighted by molar-refractivity contribution is 5.79. The molecule has 0 bridgehead atoms. The van der Waals surface area contributed by atoms with Crippen molar-refractivity contribution in [1.82, 2.24) is 19.9 Å². The van der Waals surface area contributed by atoms with Crippen LogP contribution in [0.15, 0.2) is 61.1 Å². The second kappa shape index (κ2) is 10.5. The summed E-state index contributed by atoms with van der Waals surface area (Å²) in [6.07, 6.45) is 9.26. The molecular formula is C26H30N4O2. The molecule has 0 N–H and O–H groups in total. The van der Waals surface area contributed by atoms with Gasteiger partial charge in [0, 0.05) is 43.7 Å². The molecule has 4 rings (SSSR count). The third-order valence-electron chi connectivity index (χ3n) is 6.16. The summed E-state index contributed by atoms with van der Waals surface area (Å²) in [5, 5.41) is 0. The molecule has 3 aromatic rings. The zero-order valence-corrected chi connectivity index (χ0v) is 18.8. The minimum Gasteiger partial charge on any atom is -0.381 e. The molecule has 0 aliphatic heterocycles. The van der Waals surface area contributed by atoms with E-state index >= 15 is 0 Å². The summed E-state index contributed by atoms with van der Waals surface area (Å²) < 4.78 is 5.58. The minimum absolute atomic E-state index is 0.0234. The van der Waals surface area contributed by atoms with Crippen LogP contribution in [0.3, 0.4) is 0 Å². The Morgan fingerprint density at radius 2 is 1.88 bits per heavy atom. The van der Waals surface area contributed by atoms with Gasteiger partial charge in [-0.05, 0) is 49.4 Å². The topological polar surface area (TPSA) is 68.2 Å². The van der Waals surface area contributed by atoms with Gasteiger partial charge in [0.2, 0.25) is 5.91 Å². The first-order valence-electron chi connectivity index (χ1n) is 11.2. The van der Waals surface area contributed by atoms with Gasteiger partial charge in [0.05, 0.1) is 18.3 Å². The second-order valence-electron chi connectivity index (χ2n) is 8.41. The van der Waals surface area contributed by atoms with E-state index in [4.69, 9.17) is 9.72 Å². The van der Waals surface area contributed by atoms with Crippen LogP contribution < -0.4 is 0 Å². The number of nitrogens with zero attached hydrogens (tertiary/aromatic N) is 4. The molecule has 1 amide bonds. The summed E-state index contributed by atoms with van der Waals surface area (Å²) in [6.45, 7) is 2.86. The van der Waals surface area contributed by atoms with Gasteiger partial charge in [-0.1, -0.05) is 36.8 Å². The highest BCUT2D eigenvalue weighted by atomic mass is 16.5. The van der Waals surface area contributed by atoms with Crippen molar-refractivity contribution in [2.24, 2.45) is 5.92 Å². The number of rotatable bonds is 7. The molecule has 6 nitrogen and oxygen atoms in total. The average Bonchev–Trinajstić information content (AvgIpc) is 2.84. The van der Waals surface area contributed by atoms with E-state index in [9.17, 15) is 4.79 Å². The number of benzene rings is 1. The van der Waals surface area contributed by atoms with E-state index in [0.29, 0.717) is 18.9 Å². The van der Waals surface area contributed by atoms with E-state index in [-0.39, 0.29) is 17.9 Å². The Hall–Kier alpha value is -3.12. The standard InChI is InChI=1S/C26H30N4O2/c1-19-28-16-24(21-11-13-27-14-12-21)25(29-19)18-30(17-20-7-4-3-5-8-20)26(31)22-9-6-10-23(15-22)32-2/h3-5,7-8,11-14,16,22-23H,6,9-10,15,17-18H2,1-2H3. The molecule has 2 unspecified atom stereocenters. The molecule has 1 fully saturated rings. The SMILES string of the molecule is COC1CCCC(C(=O)N(Cc2ccccc2)Cc2nc(C)ncc2-c2ccncc2)C1. The molecule has 6 heteroatoms. The number of aromatic nitrogens is 3. The summed E-state index contributed by atoms with van der Waals surface area (Å²) in [6, 6.07) is 14.0. The number of pyridine rings is 1. The lowest BCUT2D eigenvalue weighted by Crippen LogP contribution is -2.39. The Bertz CT molecular complexity index is 1030. The first-order valence-corrected chi connectivity index (χ1v) is 11.2. The average molecular weight is 431 g/mol. The van der Waals surface area contributed by atoms with Gasteiger partial charge in [0.15, 0.2) is 0 Å². The lowest BCUT2D eigenvalue weighted by Gasteiger charge is -2.32. The Labute approximate surface area is 189 Å². The fourth-order valence-corrected chi connectivity index (χ4v) is 4.45. The molecule has 1 aromatic carbocycles. The molecule has 2 heterocycles. The highest BCUT2D eigenvalue weighted by Crippen LogP contribution is 2.30. The zero-order valence-electron chi connectivity index (χ0n) is 18.8. The van der Waals surface area contributed by atoms with Crippen molar-refractivity contribution in [2.45, 2.75) is 51.8 Å². The Kier molecular flexibility index (Phi) is 7.22. The number of ether oxygens (including phenoxy) is 1. The fraction of sp³-hybridized carbons (Fsp3) is 0.385. The predicted octanol–water partition coefficient (Wildman–Crippen LogP) is 4.58. The van der Waals surface area contributed by atoms with Crippen LogP contribution in [0.2, 0.25) is 0 Å². The number of aryl methyl sites for hydroxylation is 1. The number of carbonyl (C=O) groups excluding carboxylic acids is 1. The van der Waals surface area contributed by atoms with Crippen molar-refractivity contribution >= 4 is 5.91 Å².